The number of fused-ring (bicyclic) bond motifs is 1. The van der Waals surface area contributed by atoms with Crippen LogP contribution in [0.15, 0.2) is 42.5 Å². The molecule has 1 aliphatic rings. The van der Waals surface area contributed by atoms with Crippen LogP contribution in [0.25, 0.3) is 11.0 Å². The molecule has 6 heteroatoms. The first-order chi connectivity index (χ1) is 11.7. The van der Waals surface area contributed by atoms with Crippen molar-refractivity contribution in [3.8, 4) is 0 Å². The Labute approximate surface area is 139 Å². The molecule has 4 rings (SSSR count). The number of anilines is 1. The number of benzene rings is 1. The van der Waals surface area contributed by atoms with Crippen LogP contribution >= 0.6 is 0 Å². The maximum Gasteiger partial charge on any atom is 0.354 e. The van der Waals surface area contributed by atoms with Gasteiger partial charge in [0.05, 0.1) is 11.0 Å². The minimum Gasteiger partial charge on any atom is -0.477 e. The van der Waals surface area contributed by atoms with Crippen molar-refractivity contribution < 1.29 is 9.90 Å². The molecule has 0 radical (unpaired) electrons. The third-order valence-electron chi connectivity index (χ3n) is 4.57. The molecule has 1 aromatic carbocycles. The fourth-order valence-electron chi connectivity index (χ4n) is 3.27. The van der Waals surface area contributed by atoms with Crippen molar-refractivity contribution in [3.63, 3.8) is 0 Å². The summed E-state index contributed by atoms with van der Waals surface area (Å²) in [7, 11) is 0. The Balaban J connectivity index is 1.48. The van der Waals surface area contributed by atoms with Crippen molar-refractivity contribution in [1.29, 1.82) is 0 Å². The summed E-state index contributed by atoms with van der Waals surface area (Å²) in [5, 5.41) is 9.07. The number of carboxylic acids is 1. The molecule has 1 aliphatic heterocycles. The summed E-state index contributed by atoms with van der Waals surface area (Å²) in [5.74, 6) is 1.19. The smallest absolute Gasteiger partial charge is 0.354 e. The van der Waals surface area contributed by atoms with Gasteiger partial charge in [-0.3, -0.25) is 0 Å². The predicted molar refractivity (Wildman–Crippen MR) is 91.5 cm³/mol. The third kappa shape index (κ3) is 2.71. The van der Waals surface area contributed by atoms with Crippen LogP contribution in [-0.2, 0) is 0 Å². The molecule has 2 aromatic heterocycles. The number of imidazole rings is 1. The molecular weight excluding hydrogens is 304 g/mol. The van der Waals surface area contributed by atoms with Gasteiger partial charge in [-0.05, 0) is 37.1 Å². The number of H-pyrrole nitrogens is 1. The number of aromatic amines is 1. The number of nitrogens with one attached hydrogen (secondary N) is 1. The van der Waals surface area contributed by atoms with Gasteiger partial charge in [0.25, 0.3) is 0 Å². The number of piperidine rings is 1. The second-order valence-corrected chi connectivity index (χ2v) is 6.09. The molecule has 1 fully saturated rings. The maximum atomic E-state index is 11.1. The molecule has 2 N–H and O–H groups in total. The monoisotopic (exact) mass is 322 g/mol. The molecule has 0 aliphatic carbocycles. The van der Waals surface area contributed by atoms with Crippen LogP contribution in [-0.4, -0.2) is 39.1 Å². The maximum absolute atomic E-state index is 11.1. The molecule has 0 saturated carbocycles. The largest absolute Gasteiger partial charge is 0.477 e. The average Bonchev–Trinajstić information content (AvgIpc) is 3.06. The van der Waals surface area contributed by atoms with Crippen molar-refractivity contribution in [1.82, 2.24) is 15.0 Å². The van der Waals surface area contributed by atoms with Crippen LogP contribution in [0.1, 0.15) is 35.1 Å². The van der Waals surface area contributed by atoms with Crippen LogP contribution < -0.4 is 4.90 Å². The molecule has 0 atom stereocenters. The lowest BCUT2D eigenvalue weighted by Crippen LogP contribution is -2.34. The van der Waals surface area contributed by atoms with E-state index in [4.69, 9.17) is 10.1 Å². The van der Waals surface area contributed by atoms with E-state index in [1.54, 1.807) is 6.07 Å². The van der Waals surface area contributed by atoms with Gasteiger partial charge in [0.2, 0.25) is 0 Å². The summed E-state index contributed by atoms with van der Waals surface area (Å²) < 4.78 is 0. The standard InChI is InChI=1S/C18H18N4O2/c23-18(24)15-6-3-7-16(19-15)22-10-8-12(9-11-22)17-20-13-4-1-2-5-14(13)21-17/h1-7,12H,8-11H2,(H,20,21)(H,23,24). The van der Waals surface area contributed by atoms with Gasteiger partial charge in [-0.2, -0.15) is 0 Å². The lowest BCUT2D eigenvalue weighted by Gasteiger charge is -2.32. The van der Waals surface area contributed by atoms with Gasteiger partial charge >= 0.3 is 5.97 Å². The highest BCUT2D eigenvalue weighted by molar-refractivity contribution is 5.85. The van der Waals surface area contributed by atoms with E-state index in [0.717, 1.165) is 48.6 Å². The van der Waals surface area contributed by atoms with E-state index >= 15 is 0 Å². The molecule has 3 aromatic rings. The van der Waals surface area contributed by atoms with E-state index in [1.807, 2.05) is 30.3 Å². The minimum absolute atomic E-state index is 0.0897. The van der Waals surface area contributed by atoms with Gasteiger partial charge in [0.15, 0.2) is 5.69 Å². The molecule has 0 bridgehead atoms. The number of para-hydroxylation sites is 2. The second-order valence-electron chi connectivity index (χ2n) is 6.09. The molecule has 1 saturated heterocycles. The summed E-state index contributed by atoms with van der Waals surface area (Å²) in [6, 6.07) is 13.2. The quantitative estimate of drug-likeness (QED) is 0.774. The topological polar surface area (TPSA) is 82.1 Å². The number of rotatable bonds is 3. The Morgan fingerprint density at radius 1 is 1.08 bits per heavy atom. The van der Waals surface area contributed by atoms with E-state index < -0.39 is 5.97 Å². The SMILES string of the molecule is O=C(O)c1cccc(N2CCC(c3nc4ccccc4[nH]3)CC2)n1. The highest BCUT2D eigenvalue weighted by Crippen LogP contribution is 2.29. The summed E-state index contributed by atoms with van der Waals surface area (Å²) in [4.78, 5) is 25.6. The first-order valence-electron chi connectivity index (χ1n) is 8.10. The minimum atomic E-state index is -0.992. The number of pyridine rings is 1. The Bertz CT molecular complexity index is 848. The van der Waals surface area contributed by atoms with Gasteiger partial charge < -0.3 is 15.0 Å². The Morgan fingerprint density at radius 2 is 1.88 bits per heavy atom. The fraction of sp³-hybridized carbons (Fsp3) is 0.278. The summed E-state index contributed by atoms with van der Waals surface area (Å²) >= 11 is 0. The highest BCUT2D eigenvalue weighted by Gasteiger charge is 2.24. The predicted octanol–water partition coefficient (Wildman–Crippen LogP) is 3.04. The van der Waals surface area contributed by atoms with Crippen LogP contribution in [0, 0.1) is 0 Å². The average molecular weight is 322 g/mol. The van der Waals surface area contributed by atoms with Gasteiger partial charge in [0, 0.05) is 19.0 Å². The van der Waals surface area contributed by atoms with Crippen molar-refractivity contribution in [2.24, 2.45) is 0 Å². The van der Waals surface area contributed by atoms with Crippen LogP contribution in [0.4, 0.5) is 5.82 Å². The number of hydrogen-bond donors (Lipinski definition) is 2. The Hall–Kier alpha value is -2.89. The Kier molecular flexibility index (Phi) is 3.65. The van der Waals surface area contributed by atoms with E-state index in [0.29, 0.717) is 5.92 Å². The third-order valence-corrected chi connectivity index (χ3v) is 4.57. The second kappa shape index (κ2) is 5.96. The van der Waals surface area contributed by atoms with Crippen molar-refractivity contribution in [3.05, 3.63) is 54.0 Å². The molecule has 6 nitrogen and oxygen atoms in total. The number of aromatic nitrogens is 3. The van der Waals surface area contributed by atoms with Crippen molar-refractivity contribution >= 4 is 22.8 Å². The number of nitrogens with zero attached hydrogens (tertiary/aromatic N) is 3. The zero-order chi connectivity index (χ0) is 16.5. The number of aromatic carboxylic acids is 1. The molecule has 0 amide bonds. The molecule has 3 heterocycles. The van der Waals surface area contributed by atoms with Crippen LogP contribution in [0.5, 0.6) is 0 Å². The molecule has 122 valence electrons. The van der Waals surface area contributed by atoms with Gasteiger partial charge in [-0.1, -0.05) is 18.2 Å². The van der Waals surface area contributed by atoms with Crippen LogP contribution in [0.3, 0.4) is 0 Å². The Morgan fingerprint density at radius 3 is 2.62 bits per heavy atom. The molecule has 24 heavy (non-hydrogen) atoms. The van der Waals surface area contributed by atoms with Crippen molar-refractivity contribution in [2.45, 2.75) is 18.8 Å². The number of carboxylic acid groups (broad SMARTS) is 1. The van der Waals surface area contributed by atoms with Crippen molar-refractivity contribution in [2.75, 3.05) is 18.0 Å². The zero-order valence-corrected chi connectivity index (χ0v) is 13.1. The number of hydrogen-bond acceptors (Lipinski definition) is 4. The molecule has 0 unspecified atom stereocenters. The van der Waals surface area contributed by atoms with E-state index in [2.05, 4.69) is 14.9 Å². The van der Waals surface area contributed by atoms with E-state index in [-0.39, 0.29) is 5.69 Å². The summed E-state index contributed by atoms with van der Waals surface area (Å²) in [5.41, 5.74) is 2.17. The highest BCUT2D eigenvalue weighted by atomic mass is 16.4. The van der Waals surface area contributed by atoms with Gasteiger partial charge in [0.1, 0.15) is 11.6 Å². The fourth-order valence-corrected chi connectivity index (χ4v) is 3.27. The summed E-state index contributed by atoms with van der Waals surface area (Å²) in [6.45, 7) is 1.69. The van der Waals surface area contributed by atoms with Crippen LogP contribution in [0.2, 0.25) is 0 Å². The number of carbonyl (C=O) groups is 1. The lowest BCUT2D eigenvalue weighted by atomic mass is 9.96. The summed E-state index contributed by atoms with van der Waals surface area (Å²) in [6.07, 6.45) is 1.94. The van der Waals surface area contributed by atoms with Gasteiger partial charge in [-0.15, -0.1) is 0 Å². The molecule has 0 spiro atoms. The lowest BCUT2D eigenvalue weighted by molar-refractivity contribution is 0.0690. The zero-order valence-electron chi connectivity index (χ0n) is 13.1. The van der Waals surface area contributed by atoms with Gasteiger partial charge in [-0.25, -0.2) is 14.8 Å². The van der Waals surface area contributed by atoms with E-state index in [9.17, 15) is 4.79 Å². The first-order valence-corrected chi connectivity index (χ1v) is 8.10. The molecular formula is C18H18N4O2. The van der Waals surface area contributed by atoms with E-state index in [1.165, 1.54) is 6.07 Å². The first kappa shape index (κ1) is 14.7. The normalized spacial score (nSPS) is 15.8.